The molecular weight excluding hydrogens is 314 g/mol. The van der Waals surface area contributed by atoms with Crippen LogP contribution in [0.1, 0.15) is 44.3 Å². The number of hydrogen-bond donors (Lipinski definition) is 0. The Labute approximate surface area is 138 Å². The summed E-state index contributed by atoms with van der Waals surface area (Å²) < 4.78 is 29.8. The van der Waals surface area contributed by atoms with E-state index >= 15 is 0 Å². The minimum atomic E-state index is -3.28. The van der Waals surface area contributed by atoms with E-state index in [1.165, 1.54) is 4.31 Å². The van der Waals surface area contributed by atoms with Crippen molar-refractivity contribution in [2.75, 3.05) is 27.2 Å². The van der Waals surface area contributed by atoms with Gasteiger partial charge in [0.25, 0.3) is 10.2 Å². The van der Waals surface area contributed by atoms with E-state index in [0.29, 0.717) is 13.1 Å². The molecular formula is C15H27N5O2S. The molecule has 0 aliphatic carbocycles. The van der Waals surface area contributed by atoms with Gasteiger partial charge in [-0.1, -0.05) is 6.92 Å². The van der Waals surface area contributed by atoms with Gasteiger partial charge >= 0.3 is 0 Å². The first kappa shape index (κ1) is 16.9. The summed E-state index contributed by atoms with van der Waals surface area (Å²) in [4.78, 5) is 0. The van der Waals surface area contributed by atoms with Crippen molar-refractivity contribution in [1.82, 2.24) is 23.4 Å². The van der Waals surface area contributed by atoms with Crippen LogP contribution >= 0.6 is 0 Å². The second-order valence-corrected chi connectivity index (χ2v) is 9.12. The van der Waals surface area contributed by atoms with E-state index in [1.54, 1.807) is 18.4 Å². The second-order valence-electron chi connectivity index (χ2n) is 6.98. The quantitative estimate of drug-likeness (QED) is 0.824. The summed E-state index contributed by atoms with van der Waals surface area (Å²) >= 11 is 0. The number of aryl methyl sites for hydroxylation is 2. The second kappa shape index (κ2) is 6.14. The number of fused-ring (bicyclic) bond motifs is 1. The smallest absolute Gasteiger partial charge is 0.281 e. The van der Waals surface area contributed by atoms with E-state index in [9.17, 15) is 8.42 Å². The van der Waals surface area contributed by atoms with Crippen LogP contribution in [0.4, 0.5) is 0 Å². The molecule has 3 heterocycles. The zero-order valence-corrected chi connectivity index (χ0v) is 15.1. The number of hydrogen-bond acceptors (Lipinski definition) is 4. The van der Waals surface area contributed by atoms with Crippen LogP contribution in [0, 0.1) is 5.41 Å². The van der Waals surface area contributed by atoms with E-state index in [4.69, 9.17) is 0 Å². The highest BCUT2D eigenvalue weighted by atomic mass is 32.2. The lowest BCUT2D eigenvalue weighted by atomic mass is 9.73. The fraction of sp³-hybridized carbons (Fsp3) is 0.867. The van der Waals surface area contributed by atoms with Gasteiger partial charge in [0.2, 0.25) is 0 Å². The SMILES string of the molecule is CCc1nnc2n1CCC1(CC2)CCN(S(=O)(=O)N(C)C)CC1. The molecule has 1 aromatic heterocycles. The molecule has 1 spiro atoms. The standard InChI is InChI=1S/C15H27N5O2S/c1-4-13-16-17-14-5-6-15(9-12-20(13)14)7-10-19(11-8-15)23(21,22)18(2)3/h4-12H2,1-3H3. The summed E-state index contributed by atoms with van der Waals surface area (Å²) in [5.41, 5.74) is 0.254. The van der Waals surface area contributed by atoms with E-state index in [0.717, 1.165) is 56.7 Å². The highest BCUT2D eigenvalue weighted by molar-refractivity contribution is 7.86. The van der Waals surface area contributed by atoms with Gasteiger partial charge in [-0.25, -0.2) is 0 Å². The van der Waals surface area contributed by atoms with Gasteiger partial charge in [-0.05, 0) is 31.1 Å². The van der Waals surface area contributed by atoms with Crippen LogP contribution in [-0.4, -0.2) is 59.0 Å². The largest absolute Gasteiger partial charge is 0.315 e. The Hall–Kier alpha value is -0.990. The van der Waals surface area contributed by atoms with Gasteiger partial charge in [-0.2, -0.15) is 17.0 Å². The molecule has 0 unspecified atom stereocenters. The van der Waals surface area contributed by atoms with Crippen molar-refractivity contribution >= 4 is 10.2 Å². The normalized spacial score (nSPS) is 22.3. The van der Waals surface area contributed by atoms with Crippen LogP contribution in [0.2, 0.25) is 0 Å². The van der Waals surface area contributed by atoms with Gasteiger partial charge in [0.15, 0.2) is 0 Å². The summed E-state index contributed by atoms with van der Waals surface area (Å²) in [6.07, 6.45) is 5.94. The van der Waals surface area contributed by atoms with E-state index in [1.807, 2.05) is 0 Å². The lowest BCUT2D eigenvalue weighted by Gasteiger charge is -2.41. The lowest BCUT2D eigenvalue weighted by Crippen LogP contribution is -2.47. The summed E-state index contributed by atoms with van der Waals surface area (Å²) in [6.45, 7) is 4.33. The van der Waals surface area contributed by atoms with Crippen molar-refractivity contribution in [1.29, 1.82) is 0 Å². The maximum atomic E-state index is 12.3. The maximum Gasteiger partial charge on any atom is 0.281 e. The average Bonchev–Trinajstić information content (AvgIpc) is 2.85. The van der Waals surface area contributed by atoms with Crippen LogP contribution in [0.15, 0.2) is 0 Å². The molecule has 0 N–H and O–H groups in total. The first-order valence-electron chi connectivity index (χ1n) is 8.46. The highest BCUT2D eigenvalue weighted by Gasteiger charge is 2.39. The maximum absolute atomic E-state index is 12.3. The molecule has 1 fully saturated rings. The number of nitrogens with zero attached hydrogens (tertiary/aromatic N) is 5. The van der Waals surface area contributed by atoms with Gasteiger partial charge in [0.05, 0.1) is 0 Å². The summed E-state index contributed by atoms with van der Waals surface area (Å²) in [6, 6.07) is 0. The van der Waals surface area contributed by atoms with Crippen LogP contribution in [0.3, 0.4) is 0 Å². The molecule has 0 bridgehead atoms. The molecule has 8 heteroatoms. The minimum absolute atomic E-state index is 0.254. The summed E-state index contributed by atoms with van der Waals surface area (Å²) in [5, 5.41) is 8.62. The average molecular weight is 341 g/mol. The molecule has 2 aliphatic heterocycles. The van der Waals surface area contributed by atoms with Crippen molar-refractivity contribution in [2.45, 2.75) is 52.0 Å². The Kier molecular flexibility index (Phi) is 4.50. The molecule has 1 saturated heterocycles. The number of rotatable bonds is 3. The Morgan fingerprint density at radius 3 is 2.35 bits per heavy atom. The predicted octanol–water partition coefficient (Wildman–Crippen LogP) is 1.07. The molecule has 3 rings (SSSR count). The zero-order valence-electron chi connectivity index (χ0n) is 14.3. The molecule has 1 aromatic rings. The fourth-order valence-electron chi connectivity index (χ4n) is 3.85. The van der Waals surface area contributed by atoms with Gasteiger partial charge in [-0.3, -0.25) is 0 Å². The van der Waals surface area contributed by atoms with Crippen LogP contribution in [0.5, 0.6) is 0 Å². The van der Waals surface area contributed by atoms with E-state index in [2.05, 4.69) is 21.7 Å². The van der Waals surface area contributed by atoms with Crippen molar-refractivity contribution in [2.24, 2.45) is 5.41 Å². The van der Waals surface area contributed by atoms with Gasteiger partial charge in [-0.15, -0.1) is 10.2 Å². The van der Waals surface area contributed by atoms with Crippen LogP contribution in [0.25, 0.3) is 0 Å². The number of aromatic nitrogens is 3. The Balaban J connectivity index is 1.69. The zero-order chi connectivity index (χ0) is 16.7. The third-order valence-corrected chi connectivity index (χ3v) is 7.48. The van der Waals surface area contributed by atoms with Gasteiger partial charge in [0, 0.05) is 46.6 Å². The molecule has 130 valence electrons. The van der Waals surface area contributed by atoms with Gasteiger partial charge in [0.1, 0.15) is 11.6 Å². The van der Waals surface area contributed by atoms with Crippen molar-refractivity contribution in [3.63, 3.8) is 0 Å². The lowest BCUT2D eigenvalue weighted by molar-refractivity contribution is 0.126. The Bertz CT molecular complexity index is 659. The molecule has 7 nitrogen and oxygen atoms in total. The van der Waals surface area contributed by atoms with E-state index in [-0.39, 0.29) is 5.41 Å². The third kappa shape index (κ3) is 3.04. The summed E-state index contributed by atoms with van der Waals surface area (Å²) in [7, 11) is -0.0772. The van der Waals surface area contributed by atoms with Crippen molar-refractivity contribution < 1.29 is 8.42 Å². The highest BCUT2D eigenvalue weighted by Crippen LogP contribution is 2.42. The molecule has 2 aliphatic rings. The Morgan fingerprint density at radius 2 is 1.74 bits per heavy atom. The molecule has 0 amide bonds. The minimum Gasteiger partial charge on any atom is -0.315 e. The first-order chi connectivity index (χ1) is 10.9. The van der Waals surface area contributed by atoms with Crippen LogP contribution < -0.4 is 0 Å². The topological polar surface area (TPSA) is 71.3 Å². The van der Waals surface area contributed by atoms with Crippen molar-refractivity contribution in [3.05, 3.63) is 11.6 Å². The molecule has 0 aromatic carbocycles. The van der Waals surface area contributed by atoms with Crippen molar-refractivity contribution in [3.8, 4) is 0 Å². The molecule has 23 heavy (non-hydrogen) atoms. The number of piperidine rings is 1. The fourth-order valence-corrected chi connectivity index (χ4v) is 4.96. The van der Waals surface area contributed by atoms with Crippen LogP contribution in [-0.2, 0) is 29.6 Å². The molecule has 0 radical (unpaired) electrons. The van der Waals surface area contributed by atoms with Gasteiger partial charge < -0.3 is 4.57 Å². The van der Waals surface area contributed by atoms with E-state index < -0.39 is 10.2 Å². The molecule has 0 saturated carbocycles. The third-order valence-electron chi connectivity index (χ3n) is 5.54. The monoisotopic (exact) mass is 341 g/mol. The first-order valence-corrected chi connectivity index (χ1v) is 9.86. The summed E-state index contributed by atoms with van der Waals surface area (Å²) in [5.74, 6) is 2.17. The predicted molar refractivity (Wildman–Crippen MR) is 88.2 cm³/mol. The molecule has 0 atom stereocenters. The Morgan fingerprint density at radius 1 is 1.09 bits per heavy atom.